The van der Waals surface area contributed by atoms with Gasteiger partial charge in [-0.05, 0) is 42.5 Å². The lowest BCUT2D eigenvalue weighted by atomic mass is 10.0. The van der Waals surface area contributed by atoms with Gasteiger partial charge in [-0.3, -0.25) is 4.79 Å². The second-order valence-electron chi connectivity index (χ2n) is 8.34. The van der Waals surface area contributed by atoms with E-state index in [0.29, 0.717) is 22.2 Å². The van der Waals surface area contributed by atoms with E-state index in [1.54, 1.807) is 18.3 Å². The van der Waals surface area contributed by atoms with Crippen LogP contribution in [0.4, 0.5) is 4.39 Å². The number of hydrogen-bond donors (Lipinski definition) is 0. The van der Waals surface area contributed by atoms with Gasteiger partial charge in [-0.15, -0.1) is 0 Å². The molecule has 0 spiro atoms. The van der Waals surface area contributed by atoms with E-state index in [2.05, 4.69) is 5.10 Å². The summed E-state index contributed by atoms with van der Waals surface area (Å²) in [6.45, 7) is 5.52. The van der Waals surface area contributed by atoms with Gasteiger partial charge in [0.25, 0.3) is 5.56 Å². The number of hydrogen-bond acceptors (Lipinski definition) is 3. The Labute approximate surface area is 179 Å². The van der Waals surface area contributed by atoms with Gasteiger partial charge < -0.3 is 5.21 Å². The summed E-state index contributed by atoms with van der Waals surface area (Å²) in [5, 5.41) is 18.2. The van der Waals surface area contributed by atoms with Crippen LogP contribution in [0.2, 0.25) is 0 Å². The van der Waals surface area contributed by atoms with Gasteiger partial charge in [-0.2, -0.15) is 9.78 Å². The third-order valence-electron chi connectivity index (χ3n) is 4.96. The number of rotatable bonds is 3. The van der Waals surface area contributed by atoms with Crippen LogP contribution in [-0.4, -0.2) is 26.3 Å². The van der Waals surface area contributed by atoms with Gasteiger partial charge >= 0.3 is 0 Å². The number of benzene rings is 3. The van der Waals surface area contributed by atoms with Crippen LogP contribution in [0, 0.1) is 11.0 Å². The summed E-state index contributed by atoms with van der Waals surface area (Å²) in [5.74, 6) is -0.387. The lowest BCUT2D eigenvalue weighted by Crippen LogP contribution is -2.29. The summed E-state index contributed by atoms with van der Waals surface area (Å²) >= 11 is 0. The number of nitrogens with zero attached hydrogens (tertiary/aromatic N) is 3. The van der Waals surface area contributed by atoms with Gasteiger partial charge in [0.05, 0.1) is 16.8 Å². The predicted molar refractivity (Wildman–Crippen MR) is 121 cm³/mol. The second-order valence-corrected chi connectivity index (χ2v) is 8.34. The fourth-order valence-corrected chi connectivity index (χ4v) is 3.26. The molecule has 0 saturated heterocycles. The first-order valence-electron chi connectivity index (χ1n) is 9.94. The van der Waals surface area contributed by atoms with Crippen LogP contribution in [-0.2, 0) is 0 Å². The zero-order valence-electron chi connectivity index (χ0n) is 17.5. The quantitative estimate of drug-likeness (QED) is 0.207. The normalized spacial score (nSPS) is 12.3. The Morgan fingerprint density at radius 3 is 2.32 bits per heavy atom. The van der Waals surface area contributed by atoms with Crippen LogP contribution >= 0.6 is 0 Å². The molecule has 0 aliphatic rings. The van der Waals surface area contributed by atoms with E-state index in [0.717, 1.165) is 15.9 Å². The van der Waals surface area contributed by atoms with Crippen molar-refractivity contribution in [2.24, 2.45) is 0 Å². The van der Waals surface area contributed by atoms with Gasteiger partial charge in [0.1, 0.15) is 5.82 Å². The first kappa shape index (κ1) is 20.5. The summed E-state index contributed by atoms with van der Waals surface area (Å²) < 4.78 is 15.6. The highest BCUT2D eigenvalue weighted by Crippen LogP contribution is 2.26. The molecule has 0 fully saturated rings. The smallest absolute Gasteiger partial charge is 0.279 e. The van der Waals surface area contributed by atoms with Crippen molar-refractivity contribution in [1.82, 2.24) is 9.78 Å². The molecule has 0 aliphatic heterocycles. The SMILES string of the molecule is CC(C)(C)/[N+]([O-])=C/c1cccc(-c2nn(-c3ccc(F)cc3)c(=O)c3ccccc23)c1. The average molecular weight is 415 g/mol. The molecule has 0 amide bonds. The molecule has 0 N–H and O–H groups in total. The first-order chi connectivity index (χ1) is 14.7. The van der Waals surface area contributed by atoms with Gasteiger partial charge in [-0.1, -0.05) is 30.3 Å². The van der Waals surface area contributed by atoms with Crippen molar-refractivity contribution in [3.63, 3.8) is 0 Å². The monoisotopic (exact) mass is 415 g/mol. The molecule has 5 nitrogen and oxygen atoms in total. The van der Waals surface area contributed by atoms with Crippen LogP contribution in [0.15, 0.2) is 77.6 Å². The van der Waals surface area contributed by atoms with E-state index in [-0.39, 0.29) is 11.4 Å². The van der Waals surface area contributed by atoms with E-state index in [9.17, 15) is 14.4 Å². The van der Waals surface area contributed by atoms with Gasteiger partial charge in [0, 0.05) is 37.3 Å². The molecule has 31 heavy (non-hydrogen) atoms. The number of hydroxylamine groups is 1. The Morgan fingerprint density at radius 1 is 0.968 bits per heavy atom. The highest BCUT2D eigenvalue weighted by atomic mass is 19.1. The average Bonchev–Trinajstić information content (AvgIpc) is 2.74. The number of fused-ring (bicyclic) bond motifs is 1. The van der Waals surface area contributed by atoms with Crippen LogP contribution in [0.5, 0.6) is 0 Å². The van der Waals surface area contributed by atoms with Gasteiger partial charge in [0.15, 0.2) is 11.8 Å². The maximum absolute atomic E-state index is 13.4. The van der Waals surface area contributed by atoms with Crippen molar-refractivity contribution < 1.29 is 9.13 Å². The van der Waals surface area contributed by atoms with Gasteiger partial charge in [-0.25, -0.2) is 9.13 Å². The maximum atomic E-state index is 13.4. The summed E-state index contributed by atoms with van der Waals surface area (Å²) in [7, 11) is 0. The minimum Gasteiger partial charge on any atom is -0.623 e. The molecular formula is C25H22FN3O2. The third-order valence-corrected chi connectivity index (χ3v) is 4.96. The summed E-state index contributed by atoms with van der Waals surface area (Å²) in [6, 6.07) is 20.3. The van der Waals surface area contributed by atoms with E-state index in [1.807, 2.05) is 57.2 Å². The molecule has 1 aromatic heterocycles. The third kappa shape index (κ3) is 4.10. The molecule has 156 valence electrons. The van der Waals surface area contributed by atoms with E-state index >= 15 is 0 Å². The van der Waals surface area contributed by atoms with Crippen molar-refractivity contribution in [3.05, 3.63) is 99.7 Å². The van der Waals surface area contributed by atoms with Crippen molar-refractivity contribution in [2.45, 2.75) is 26.3 Å². The molecule has 0 unspecified atom stereocenters. The van der Waals surface area contributed by atoms with Crippen LogP contribution in [0.3, 0.4) is 0 Å². The molecule has 1 heterocycles. The molecule has 4 aromatic rings. The molecule has 0 atom stereocenters. The molecule has 3 aromatic carbocycles. The topological polar surface area (TPSA) is 61.0 Å². The van der Waals surface area contributed by atoms with Crippen LogP contribution in [0.25, 0.3) is 27.7 Å². The number of halogens is 1. The lowest BCUT2D eigenvalue weighted by molar-refractivity contribution is -0.530. The van der Waals surface area contributed by atoms with E-state index in [1.165, 1.54) is 28.9 Å². The Hall–Kier alpha value is -3.80. The number of aromatic nitrogens is 2. The molecule has 0 aliphatic carbocycles. The fraction of sp³-hybridized carbons (Fsp3) is 0.160. The standard InChI is InChI=1S/C25H22FN3O2/c1-25(2,3)28(31)16-17-7-6-8-18(15-17)23-21-9-4-5-10-22(21)24(30)29(27-23)20-13-11-19(26)12-14-20/h4-16H,1-3H3/b28-16-. The van der Waals surface area contributed by atoms with Crippen LogP contribution in [0.1, 0.15) is 26.3 Å². The molecule has 4 rings (SSSR count). The minimum atomic E-state index is -0.559. The Morgan fingerprint density at radius 2 is 1.65 bits per heavy atom. The van der Waals surface area contributed by atoms with E-state index in [4.69, 9.17) is 0 Å². The van der Waals surface area contributed by atoms with Crippen LogP contribution < -0.4 is 5.56 Å². The zero-order chi connectivity index (χ0) is 22.2. The second kappa shape index (κ2) is 7.80. The van der Waals surface area contributed by atoms with Crippen molar-refractivity contribution in [2.75, 3.05) is 0 Å². The first-order valence-corrected chi connectivity index (χ1v) is 9.94. The zero-order valence-corrected chi connectivity index (χ0v) is 17.5. The summed E-state index contributed by atoms with van der Waals surface area (Å²) in [4.78, 5) is 13.1. The molecule has 0 bridgehead atoms. The molecule has 6 heteroatoms. The largest absolute Gasteiger partial charge is 0.623 e. The highest BCUT2D eigenvalue weighted by Gasteiger charge is 2.18. The Bertz CT molecular complexity index is 1350. The maximum Gasteiger partial charge on any atom is 0.279 e. The molecular weight excluding hydrogens is 393 g/mol. The van der Waals surface area contributed by atoms with Crippen molar-refractivity contribution >= 4 is 17.0 Å². The summed E-state index contributed by atoms with van der Waals surface area (Å²) in [6.07, 6.45) is 1.54. The van der Waals surface area contributed by atoms with E-state index < -0.39 is 5.54 Å². The fourth-order valence-electron chi connectivity index (χ4n) is 3.26. The van der Waals surface area contributed by atoms with Crippen molar-refractivity contribution in [3.8, 4) is 16.9 Å². The summed E-state index contributed by atoms with van der Waals surface area (Å²) in [5.41, 5.74) is 1.72. The Kier molecular flexibility index (Phi) is 5.15. The minimum absolute atomic E-state index is 0.285. The molecule has 0 radical (unpaired) electrons. The lowest BCUT2D eigenvalue weighted by Gasteiger charge is -2.18. The molecule has 0 saturated carbocycles. The highest BCUT2D eigenvalue weighted by molar-refractivity contribution is 5.94. The van der Waals surface area contributed by atoms with Crippen molar-refractivity contribution in [1.29, 1.82) is 0 Å². The predicted octanol–water partition coefficient (Wildman–Crippen LogP) is 4.92. The van der Waals surface area contributed by atoms with Gasteiger partial charge in [0.2, 0.25) is 0 Å². The Balaban J connectivity index is 1.94.